The zero-order chi connectivity index (χ0) is 21.3. The fraction of sp³-hybridized carbons (Fsp3) is 0.480. The van der Waals surface area contributed by atoms with Gasteiger partial charge in [-0.25, -0.2) is 4.39 Å². The van der Waals surface area contributed by atoms with Gasteiger partial charge in [0.1, 0.15) is 11.6 Å². The van der Waals surface area contributed by atoms with Crippen LogP contribution < -0.4 is 9.64 Å². The molecule has 2 fully saturated rings. The van der Waals surface area contributed by atoms with Crippen molar-refractivity contribution in [1.29, 1.82) is 0 Å². The first-order valence-electron chi connectivity index (χ1n) is 10.9. The number of piperidine rings is 1. The van der Waals surface area contributed by atoms with E-state index in [4.69, 9.17) is 4.74 Å². The molecular formula is C25H31FN2O2. The molecule has 0 bridgehead atoms. The number of ether oxygens (including phenoxy) is 1. The molecule has 4 nitrogen and oxygen atoms in total. The number of hydrogen-bond donors (Lipinski definition) is 0. The Labute approximate surface area is 178 Å². The van der Waals surface area contributed by atoms with E-state index in [2.05, 4.69) is 24.0 Å². The van der Waals surface area contributed by atoms with Gasteiger partial charge in [-0.2, -0.15) is 0 Å². The topological polar surface area (TPSA) is 32.8 Å². The highest BCUT2D eigenvalue weighted by Gasteiger charge is 2.49. The summed E-state index contributed by atoms with van der Waals surface area (Å²) >= 11 is 0. The molecule has 2 heterocycles. The number of likely N-dealkylation sites (tertiary alicyclic amines) is 1. The summed E-state index contributed by atoms with van der Waals surface area (Å²) in [6.45, 7) is 8.08. The Hall–Kier alpha value is -2.40. The van der Waals surface area contributed by atoms with Crippen molar-refractivity contribution in [2.24, 2.45) is 0 Å². The van der Waals surface area contributed by atoms with E-state index in [-0.39, 0.29) is 23.4 Å². The Morgan fingerprint density at radius 3 is 2.70 bits per heavy atom. The number of amides is 1. The lowest BCUT2D eigenvalue weighted by Gasteiger charge is -2.48. The highest BCUT2D eigenvalue weighted by molar-refractivity contribution is 5.97. The third-order valence-corrected chi connectivity index (χ3v) is 6.41. The Balaban J connectivity index is 1.49. The second-order valence-electron chi connectivity index (χ2n) is 9.02. The van der Waals surface area contributed by atoms with Gasteiger partial charge in [0.2, 0.25) is 5.91 Å². The molecule has 2 aliphatic heterocycles. The minimum Gasteiger partial charge on any atom is -0.491 e. The fourth-order valence-electron chi connectivity index (χ4n) is 5.10. The standard InChI is InChI=1S/C25H31FN2O2/c1-18(2)30-23-9-4-6-20(14-23)17-27-13-12-25(16-19(27)3)11-10-24(29)28(25)22-8-5-7-21(26)15-22/h4-9,14-15,18-19H,10-13,16-17H2,1-3H3. The average Bonchev–Trinajstić information content (AvgIpc) is 2.99. The van der Waals surface area contributed by atoms with E-state index in [1.54, 1.807) is 6.07 Å². The smallest absolute Gasteiger partial charge is 0.227 e. The van der Waals surface area contributed by atoms with Gasteiger partial charge in [0.05, 0.1) is 11.6 Å². The summed E-state index contributed by atoms with van der Waals surface area (Å²) in [5, 5.41) is 0. The summed E-state index contributed by atoms with van der Waals surface area (Å²) < 4.78 is 19.7. The van der Waals surface area contributed by atoms with Crippen LogP contribution >= 0.6 is 0 Å². The normalized spacial score (nSPS) is 24.8. The first-order valence-corrected chi connectivity index (χ1v) is 10.9. The molecule has 2 saturated heterocycles. The Morgan fingerprint density at radius 2 is 1.97 bits per heavy atom. The minimum atomic E-state index is -0.295. The van der Waals surface area contributed by atoms with E-state index in [1.165, 1.54) is 17.7 Å². The molecule has 0 aromatic heterocycles. The van der Waals surface area contributed by atoms with Gasteiger partial charge in [-0.05, 0) is 75.9 Å². The molecule has 2 unspecified atom stereocenters. The van der Waals surface area contributed by atoms with Crippen molar-refractivity contribution in [2.75, 3.05) is 11.4 Å². The van der Waals surface area contributed by atoms with Crippen molar-refractivity contribution in [3.05, 3.63) is 59.9 Å². The summed E-state index contributed by atoms with van der Waals surface area (Å²) in [5.41, 5.74) is 1.72. The predicted molar refractivity (Wildman–Crippen MR) is 117 cm³/mol. The summed E-state index contributed by atoms with van der Waals surface area (Å²) in [4.78, 5) is 17.1. The van der Waals surface area contributed by atoms with E-state index in [0.717, 1.165) is 38.1 Å². The van der Waals surface area contributed by atoms with Crippen LogP contribution in [0.1, 0.15) is 52.0 Å². The van der Waals surface area contributed by atoms with Crippen LogP contribution in [0.5, 0.6) is 5.75 Å². The summed E-state index contributed by atoms with van der Waals surface area (Å²) in [7, 11) is 0. The van der Waals surface area contributed by atoms with Gasteiger partial charge in [0, 0.05) is 31.2 Å². The van der Waals surface area contributed by atoms with Gasteiger partial charge < -0.3 is 9.64 Å². The van der Waals surface area contributed by atoms with Crippen LogP contribution in [-0.4, -0.2) is 35.0 Å². The van der Waals surface area contributed by atoms with Crippen LogP contribution in [0.25, 0.3) is 0 Å². The van der Waals surface area contributed by atoms with Crippen LogP contribution in [0, 0.1) is 5.82 Å². The maximum atomic E-state index is 13.8. The van der Waals surface area contributed by atoms with Crippen molar-refractivity contribution in [1.82, 2.24) is 4.90 Å². The number of rotatable bonds is 5. The SMILES string of the molecule is CC(C)Oc1cccc(CN2CCC3(CCC(=O)N3c3cccc(F)c3)CC2C)c1. The predicted octanol–water partition coefficient (Wildman–Crippen LogP) is 5.16. The summed E-state index contributed by atoms with van der Waals surface area (Å²) in [6, 6.07) is 15.1. The zero-order valence-electron chi connectivity index (χ0n) is 18.1. The first-order chi connectivity index (χ1) is 14.4. The van der Waals surface area contributed by atoms with E-state index in [0.29, 0.717) is 18.2 Å². The molecule has 0 N–H and O–H groups in total. The molecule has 2 aromatic rings. The first kappa shape index (κ1) is 20.9. The molecule has 4 rings (SSSR count). The molecule has 5 heteroatoms. The Kier molecular flexibility index (Phi) is 5.83. The highest BCUT2D eigenvalue weighted by atomic mass is 19.1. The molecule has 0 aliphatic carbocycles. The van der Waals surface area contributed by atoms with Crippen LogP contribution in [0.4, 0.5) is 10.1 Å². The molecule has 1 spiro atoms. The zero-order valence-corrected chi connectivity index (χ0v) is 18.1. The Bertz CT molecular complexity index is 916. The molecule has 2 aromatic carbocycles. The maximum absolute atomic E-state index is 13.8. The molecule has 0 saturated carbocycles. The van der Waals surface area contributed by atoms with Crippen LogP contribution in [0.3, 0.4) is 0 Å². The van der Waals surface area contributed by atoms with Crippen molar-refractivity contribution in [3.8, 4) is 5.75 Å². The largest absolute Gasteiger partial charge is 0.491 e. The van der Waals surface area contributed by atoms with Crippen LogP contribution in [0.2, 0.25) is 0 Å². The molecule has 0 radical (unpaired) electrons. The van der Waals surface area contributed by atoms with Crippen molar-refractivity contribution in [3.63, 3.8) is 0 Å². The van der Waals surface area contributed by atoms with Crippen LogP contribution in [-0.2, 0) is 11.3 Å². The number of anilines is 1. The number of hydrogen-bond acceptors (Lipinski definition) is 3. The van der Waals surface area contributed by atoms with Crippen molar-refractivity contribution < 1.29 is 13.9 Å². The maximum Gasteiger partial charge on any atom is 0.227 e. The minimum absolute atomic E-state index is 0.111. The number of nitrogens with zero attached hydrogens (tertiary/aromatic N) is 2. The van der Waals surface area contributed by atoms with Gasteiger partial charge in [0.15, 0.2) is 0 Å². The van der Waals surface area contributed by atoms with Gasteiger partial charge in [0.25, 0.3) is 0 Å². The third kappa shape index (κ3) is 4.22. The number of benzene rings is 2. The molecule has 1 amide bonds. The van der Waals surface area contributed by atoms with Gasteiger partial charge in [-0.1, -0.05) is 18.2 Å². The summed E-state index contributed by atoms with van der Waals surface area (Å²) in [6.07, 6.45) is 3.35. The number of carbonyl (C=O) groups is 1. The monoisotopic (exact) mass is 410 g/mol. The molecule has 160 valence electrons. The quantitative estimate of drug-likeness (QED) is 0.682. The van der Waals surface area contributed by atoms with Gasteiger partial charge >= 0.3 is 0 Å². The van der Waals surface area contributed by atoms with Crippen molar-refractivity contribution in [2.45, 2.75) is 70.7 Å². The molecule has 30 heavy (non-hydrogen) atoms. The average molecular weight is 411 g/mol. The van der Waals surface area contributed by atoms with E-state index in [1.807, 2.05) is 36.9 Å². The van der Waals surface area contributed by atoms with E-state index >= 15 is 0 Å². The Morgan fingerprint density at radius 1 is 1.17 bits per heavy atom. The lowest BCUT2D eigenvalue weighted by atomic mass is 9.81. The lowest BCUT2D eigenvalue weighted by Crippen LogP contribution is -2.56. The second-order valence-corrected chi connectivity index (χ2v) is 9.02. The summed E-state index contributed by atoms with van der Waals surface area (Å²) in [5.74, 6) is 0.721. The molecule has 2 atom stereocenters. The van der Waals surface area contributed by atoms with Gasteiger partial charge in [-0.15, -0.1) is 0 Å². The number of halogens is 1. The van der Waals surface area contributed by atoms with Crippen molar-refractivity contribution >= 4 is 11.6 Å². The van der Waals surface area contributed by atoms with E-state index in [9.17, 15) is 9.18 Å². The van der Waals surface area contributed by atoms with Crippen LogP contribution in [0.15, 0.2) is 48.5 Å². The third-order valence-electron chi connectivity index (χ3n) is 6.41. The molecule has 2 aliphatic rings. The lowest BCUT2D eigenvalue weighted by molar-refractivity contribution is -0.117. The highest BCUT2D eigenvalue weighted by Crippen LogP contribution is 2.44. The number of carbonyl (C=O) groups excluding carboxylic acids is 1. The fourth-order valence-corrected chi connectivity index (χ4v) is 5.10. The van der Waals surface area contributed by atoms with E-state index < -0.39 is 0 Å². The van der Waals surface area contributed by atoms with Gasteiger partial charge in [-0.3, -0.25) is 9.69 Å². The second kappa shape index (κ2) is 8.38. The molecular weight excluding hydrogens is 379 g/mol.